The number of rotatable bonds is 44. The molecule has 106 heavy (non-hydrogen) atoms. The average Bonchev–Trinajstić information content (AvgIpc) is 1.42. The third-order valence-electron chi connectivity index (χ3n) is 20.1. The first-order valence-electron chi connectivity index (χ1n) is 37.1. The summed E-state index contributed by atoms with van der Waals surface area (Å²) in [5, 5.41) is 28.6. The minimum atomic E-state index is -1.19. The molecule has 5 rings (SSSR count). The normalized spacial score (nSPS) is 16.8. The molecule has 3 aromatic rings. The van der Waals surface area contributed by atoms with Crippen LogP contribution in [-0.2, 0) is 81.5 Å². The molecule has 0 aromatic heterocycles. The van der Waals surface area contributed by atoms with Crippen molar-refractivity contribution in [3.8, 4) is 0 Å². The molecule has 11 amide bonds. The third-order valence-corrected chi connectivity index (χ3v) is 20.1. The number of urea groups is 1. The highest BCUT2D eigenvalue weighted by molar-refractivity contribution is 6.12. The van der Waals surface area contributed by atoms with Crippen molar-refractivity contribution >= 4 is 76.7 Å². The van der Waals surface area contributed by atoms with Gasteiger partial charge in [-0.15, -0.1) is 0 Å². The Morgan fingerprint density at radius 1 is 0.698 bits per heavy atom. The number of carbonyl (C=O) groups is 11. The van der Waals surface area contributed by atoms with E-state index in [0.29, 0.717) is 75.0 Å². The lowest BCUT2D eigenvalue weighted by molar-refractivity contribution is -0.148. The van der Waals surface area contributed by atoms with Crippen molar-refractivity contribution in [2.24, 2.45) is 35.3 Å². The summed E-state index contributed by atoms with van der Waals surface area (Å²) in [5.41, 5.74) is 8.65. The number of likely N-dealkylation sites (N-methyl/N-ethyl adjacent to an activating group) is 2. The maximum atomic E-state index is 14.9. The molecule has 2 aliphatic rings. The molecule has 0 radical (unpaired) electrons. The highest BCUT2D eigenvalue weighted by Crippen LogP contribution is 2.31. The molecular formula is C78H118N12O16. The van der Waals surface area contributed by atoms with Crippen LogP contribution in [0.2, 0.25) is 0 Å². The number of nitrogens with zero attached hydrogens (tertiary/aromatic N) is 5. The Morgan fingerprint density at radius 2 is 1.34 bits per heavy atom. The summed E-state index contributed by atoms with van der Waals surface area (Å²) < 4.78 is 23.0. The summed E-state index contributed by atoms with van der Waals surface area (Å²) in [6.07, 6.45) is 4.09. The zero-order chi connectivity index (χ0) is 78.5. The molecule has 3 aromatic carbocycles. The number of unbranched alkanes of at least 4 members (excludes halogenated alkanes) is 2. The van der Waals surface area contributed by atoms with Crippen molar-refractivity contribution in [1.29, 1.82) is 0 Å². The van der Waals surface area contributed by atoms with Crippen molar-refractivity contribution < 1.29 is 76.8 Å². The molecular weight excluding hydrogens is 1360 g/mol. The van der Waals surface area contributed by atoms with Gasteiger partial charge in [0.1, 0.15) is 37.0 Å². The summed E-state index contributed by atoms with van der Waals surface area (Å²) >= 11 is 0. The van der Waals surface area contributed by atoms with E-state index in [0.717, 1.165) is 16.0 Å². The number of primary amides is 1. The molecule has 0 aliphatic carbocycles. The minimum absolute atomic E-state index is 0.0472. The van der Waals surface area contributed by atoms with Gasteiger partial charge in [0.2, 0.25) is 35.4 Å². The number of methoxy groups -OCH3 is 3. The van der Waals surface area contributed by atoms with E-state index in [4.69, 9.17) is 24.7 Å². The van der Waals surface area contributed by atoms with Gasteiger partial charge in [0, 0.05) is 90.4 Å². The monoisotopic (exact) mass is 1480 g/mol. The fourth-order valence-corrected chi connectivity index (χ4v) is 13.7. The third kappa shape index (κ3) is 26.3. The SMILES string of the molecule is CC[C@H](C)[C@@H]([C@@H](CC(=O)N1CCC[C@H]1[C@H](OC)[C@@H](C)C(O)N[C@@H](Cc1ccccc1)C(=O)OC)OC)N(C)C(=O)[C@@H](NC(=O)[C@H](C(C)C)N(C)CCc1ccc(N(C)C(=O)OCc2ccc(NC(=O)[C@H](CCCNC(N)=O)NC(=O)[C@@H](NC(=O)CCCCCN3C(=O)C=CC3=O)C(C)C)cc2)cc1)C(C)C. The molecule has 586 valence electrons. The van der Waals surface area contributed by atoms with Crippen LogP contribution in [-0.4, -0.2) is 219 Å². The number of hydrogen-bond acceptors (Lipinski definition) is 18. The minimum Gasteiger partial charge on any atom is -0.468 e. The summed E-state index contributed by atoms with van der Waals surface area (Å²) in [5.74, 6) is -5.09. The lowest BCUT2D eigenvalue weighted by Crippen LogP contribution is -2.60. The van der Waals surface area contributed by atoms with E-state index in [9.17, 15) is 57.8 Å². The fraction of sp³-hybridized carbons (Fsp3) is 0.603. The van der Waals surface area contributed by atoms with Crippen LogP contribution in [0.4, 0.5) is 21.0 Å². The molecule has 2 heterocycles. The topological polar surface area (TPSA) is 359 Å². The average molecular weight is 1480 g/mol. The van der Waals surface area contributed by atoms with E-state index in [2.05, 4.69) is 31.9 Å². The largest absolute Gasteiger partial charge is 0.468 e. The molecule has 9 N–H and O–H groups in total. The Balaban J connectivity index is 1.13. The first-order valence-corrected chi connectivity index (χ1v) is 37.1. The number of aliphatic hydroxyl groups is 1. The van der Waals surface area contributed by atoms with Gasteiger partial charge < -0.3 is 66.2 Å². The Bertz CT molecular complexity index is 3380. The summed E-state index contributed by atoms with van der Waals surface area (Å²) in [7, 11) is 9.56. The number of hydrogen-bond donors (Lipinski definition) is 8. The van der Waals surface area contributed by atoms with Crippen LogP contribution in [0.25, 0.3) is 0 Å². The summed E-state index contributed by atoms with van der Waals surface area (Å²) in [4.78, 5) is 154. The van der Waals surface area contributed by atoms with E-state index in [1.165, 1.54) is 31.3 Å². The van der Waals surface area contributed by atoms with Gasteiger partial charge in [-0.3, -0.25) is 63.2 Å². The Labute approximate surface area is 625 Å². The van der Waals surface area contributed by atoms with Gasteiger partial charge in [0.05, 0.1) is 43.9 Å². The van der Waals surface area contributed by atoms with Crippen molar-refractivity contribution in [3.63, 3.8) is 0 Å². The van der Waals surface area contributed by atoms with E-state index >= 15 is 0 Å². The smallest absolute Gasteiger partial charge is 0.414 e. The molecule has 28 heteroatoms. The predicted molar refractivity (Wildman–Crippen MR) is 403 cm³/mol. The molecule has 2 aliphatic heterocycles. The van der Waals surface area contributed by atoms with Gasteiger partial charge >= 0.3 is 18.1 Å². The van der Waals surface area contributed by atoms with E-state index in [1.54, 1.807) is 81.3 Å². The highest BCUT2D eigenvalue weighted by atomic mass is 16.6. The van der Waals surface area contributed by atoms with Crippen LogP contribution < -0.4 is 42.5 Å². The lowest BCUT2D eigenvalue weighted by Gasteiger charge is -2.41. The van der Waals surface area contributed by atoms with Crippen LogP contribution >= 0.6 is 0 Å². The molecule has 12 atom stereocenters. The number of esters is 1. The Hall–Kier alpha value is -8.83. The number of anilines is 2. The Kier molecular flexibility index (Phi) is 36.2. The van der Waals surface area contributed by atoms with Crippen LogP contribution in [0.15, 0.2) is 91.0 Å². The number of amides is 11. The van der Waals surface area contributed by atoms with Crippen LogP contribution in [0.1, 0.15) is 143 Å². The van der Waals surface area contributed by atoms with Crippen molar-refractivity contribution in [2.45, 2.75) is 207 Å². The van der Waals surface area contributed by atoms with Gasteiger partial charge in [-0.1, -0.05) is 130 Å². The number of likely N-dealkylation sites (tertiary alicyclic amines) is 1. The zero-order valence-corrected chi connectivity index (χ0v) is 64.7. The number of carbonyl (C=O) groups excluding carboxylic acids is 11. The molecule has 1 fully saturated rings. The van der Waals surface area contributed by atoms with Crippen LogP contribution in [0.5, 0.6) is 0 Å². The standard InChI is InChI=1S/C78H118N12O16/c1-16-51(8)69(61(103-13)46-65(94)89-43-24-28-60(89)70(104-14)52(9)71(95)83-59(76(100)105-15)45-54-25-19-17-20-26-54)88(12)75(99)67(49(4)5)85-74(98)68(50(6)7)86(10)44-40-53-32-36-57(37-33-53)87(11)78(102)106-47-55-30-34-56(35-31-55)81-72(96)58(27-23-41-80-77(79)101)82-73(97)66(48(2)3)84-62(91)29-21-18-22-42-90-63(92)38-39-64(90)93/h17,19-20,25-26,30-39,48-52,58-61,66-71,83,95H,16,18,21-24,27-29,40-47H2,1-15H3,(H,81,96)(H,82,97)(H,84,91)(H,85,98)(H3,79,80,101)/t51-,52+,58-,59-,60-,61+,66-,67-,68-,69-,70+,71?/m0/s1. The molecule has 0 spiro atoms. The molecule has 1 unspecified atom stereocenters. The first kappa shape index (κ1) is 87.8. The predicted octanol–water partition coefficient (Wildman–Crippen LogP) is 6.21. The van der Waals surface area contributed by atoms with Gasteiger partial charge in [0.25, 0.3) is 11.8 Å². The lowest BCUT2D eigenvalue weighted by atomic mass is 9.89. The Morgan fingerprint density at radius 3 is 1.92 bits per heavy atom. The molecule has 0 saturated carbocycles. The zero-order valence-electron chi connectivity index (χ0n) is 64.7. The quantitative estimate of drug-likeness (QED) is 0.0135. The molecule has 28 nitrogen and oxygen atoms in total. The van der Waals surface area contributed by atoms with Crippen molar-refractivity contribution in [1.82, 2.24) is 46.2 Å². The maximum Gasteiger partial charge on any atom is 0.414 e. The van der Waals surface area contributed by atoms with E-state index in [-0.39, 0.29) is 111 Å². The first-order chi connectivity index (χ1) is 50.3. The second-order valence-electron chi connectivity index (χ2n) is 28.9. The number of imide groups is 1. The van der Waals surface area contributed by atoms with Gasteiger partial charge in [0.15, 0.2) is 0 Å². The molecule has 1 saturated heterocycles. The van der Waals surface area contributed by atoms with Gasteiger partial charge in [-0.2, -0.15) is 0 Å². The van der Waals surface area contributed by atoms with Gasteiger partial charge in [-0.05, 0) is 123 Å². The van der Waals surface area contributed by atoms with Crippen molar-refractivity contribution in [3.05, 3.63) is 108 Å². The number of ether oxygens (including phenoxy) is 4. The number of benzene rings is 3. The van der Waals surface area contributed by atoms with E-state index < -0.39 is 96.6 Å². The van der Waals surface area contributed by atoms with Gasteiger partial charge in [-0.25, -0.2) is 9.59 Å². The second-order valence-corrected chi connectivity index (χ2v) is 28.9. The van der Waals surface area contributed by atoms with Crippen LogP contribution in [0.3, 0.4) is 0 Å². The maximum absolute atomic E-state index is 14.9. The highest BCUT2D eigenvalue weighted by Gasteiger charge is 2.44. The second kappa shape index (κ2) is 43.7. The van der Waals surface area contributed by atoms with E-state index in [1.807, 2.05) is 103 Å². The number of aliphatic hydroxyl groups excluding tert-OH is 1. The summed E-state index contributed by atoms with van der Waals surface area (Å²) in [6.45, 7) is 18.3. The van der Waals surface area contributed by atoms with Crippen LogP contribution in [0, 0.1) is 29.6 Å². The molecule has 0 bridgehead atoms. The summed E-state index contributed by atoms with van der Waals surface area (Å²) in [6, 6.07) is 17.3. The fourth-order valence-electron chi connectivity index (χ4n) is 13.7. The number of nitrogens with two attached hydrogens (primary N) is 1. The number of nitrogens with one attached hydrogen (secondary N) is 6. The van der Waals surface area contributed by atoms with Crippen molar-refractivity contribution in [2.75, 3.05) is 78.9 Å².